The van der Waals surface area contributed by atoms with Crippen molar-refractivity contribution in [2.45, 2.75) is 13.3 Å². The maximum atomic E-state index is 13.9. The molecule has 0 fully saturated rings. The topological polar surface area (TPSA) is 52.7 Å². The van der Waals surface area contributed by atoms with Crippen molar-refractivity contribution in [1.29, 1.82) is 0 Å². The Hall–Kier alpha value is -3.15. The predicted molar refractivity (Wildman–Crippen MR) is 98.5 cm³/mol. The molecule has 0 atom stereocenters. The molecule has 1 amide bonds. The number of hydrogen-bond acceptors (Lipinski definition) is 4. The molecule has 0 aliphatic carbocycles. The molecule has 26 heavy (non-hydrogen) atoms. The lowest BCUT2D eigenvalue weighted by Crippen LogP contribution is -2.40. The van der Waals surface area contributed by atoms with Gasteiger partial charge in [0.2, 0.25) is 0 Å². The van der Waals surface area contributed by atoms with Gasteiger partial charge in [0.05, 0.1) is 17.1 Å². The molecule has 0 aromatic heterocycles. The predicted octanol–water partition coefficient (Wildman–Crippen LogP) is 3.30. The Morgan fingerprint density at radius 1 is 1.12 bits per heavy atom. The van der Waals surface area contributed by atoms with Crippen LogP contribution < -0.4 is 15.1 Å². The average molecular weight is 351 g/mol. The van der Waals surface area contributed by atoms with E-state index in [2.05, 4.69) is 5.32 Å². The second-order valence-corrected chi connectivity index (χ2v) is 6.19. The van der Waals surface area contributed by atoms with Gasteiger partial charge in [-0.15, -0.1) is 0 Å². The number of carbonyl (C=O) groups is 2. The summed E-state index contributed by atoms with van der Waals surface area (Å²) in [5.41, 5.74) is 2.09. The summed E-state index contributed by atoms with van der Waals surface area (Å²) < 4.78 is 13.9. The first-order valence-electron chi connectivity index (χ1n) is 8.59. The molecule has 2 aliphatic heterocycles. The minimum absolute atomic E-state index is 0.0640. The van der Waals surface area contributed by atoms with Crippen molar-refractivity contribution in [3.05, 3.63) is 65.7 Å². The Morgan fingerprint density at radius 2 is 1.81 bits per heavy atom. The fourth-order valence-electron chi connectivity index (χ4n) is 3.55. The molecule has 2 aliphatic rings. The smallest absolute Gasteiger partial charge is 0.263 e. The van der Waals surface area contributed by atoms with Gasteiger partial charge in [-0.2, -0.15) is 0 Å². The van der Waals surface area contributed by atoms with Crippen molar-refractivity contribution in [3.63, 3.8) is 0 Å². The van der Waals surface area contributed by atoms with E-state index >= 15 is 0 Å². The lowest BCUT2D eigenvalue weighted by Gasteiger charge is -2.30. The molecule has 1 N–H and O–H groups in total. The highest BCUT2D eigenvalue weighted by atomic mass is 19.1. The number of ketones is 1. The van der Waals surface area contributed by atoms with Gasteiger partial charge in [0.25, 0.3) is 5.91 Å². The molecule has 0 radical (unpaired) electrons. The number of nitrogens with one attached hydrogen (secondary N) is 1. The fraction of sp³-hybridized carbons (Fsp3) is 0.200. The third-order valence-corrected chi connectivity index (χ3v) is 4.70. The largest absolute Gasteiger partial charge is 0.325 e. The Kier molecular flexibility index (Phi) is 3.95. The Labute approximate surface area is 150 Å². The van der Waals surface area contributed by atoms with Crippen LogP contribution >= 0.6 is 0 Å². The first-order chi connectivity index (χ1) is 12.6. The van der Waals surface area contributed by atoms with Gasteiger partial charge in [0, 0.05) is 19.5 Å². The summed E-state index contributed by atoms with van der Waals surface area (Å²) >= 11 is 0. The Morgan fingerprint density at radius 3 is 2.54 bits per heavy atom. The van der Waals surface area contributed by atoms with Crippen LogP contribution in [0.4, 0.5) is 21.5 Å². The second kappa shape index (κ2) is 6.29. The molecule has 0 bridgehead atoms. The van der Waals surface area contributed by atoms with E-state index in [4.69, 9.17) is 0 Å². The van der Waals surface area contributed by atoms with Crippen LogP contribution in [0.2, 0.25) is 0 Å². The van der Waals surface area contributed by atoms with Crippen LogP contribution in [0.1, 0.15) is 13.3 Å². The molecule has 6 heteroatoms. The molecular formula is C20H18FN3O2. The zero-order valence-electron chi connectivity index (χ0n) is 14.3. The molecule has 2 aromatic carbocycles. The van der Waals surface area contributed by atoms with Gasteiger partial charge in [0.1, 0.15) is 17.2 Å². The SMILES string of the molecule is CCN1C2=C(C(=O)Nc3ccccc3F)C(=O)CCN2c2ccccc21. The summed E-state index contributed by atoms with van der Waals surface area (Å²) in [6, 6.07) is 13.7. The van der Waals surface area contributed by atoms with E-state index in [0.29, 0.717) is 18.9 Å². The molecule has 132 valence electrons. The molecule has 2 aromatic rings. The van der Waals surface area contributed by atoms with E-state index in [1.54, 1.807) is 12.1 Å². The van der Waals surface area contributed by atoms with Crippen molar-refractivity contribution in [2.24, 2.45) is 0 Å². The number of nitrogens with zero attached hydrogens (tertiary/aromatic N) is 2. The average Bonchev–Trinajstić information content (AvgIpc) is 2.97. The summed E-state index contributed by atoms with van der Waals surface area (Å²) in [4.78, 5) is 29.4. The van der Waals surface area contributed by atoms with Crippen LogP contribution in [0.15, 0.2) is 59.9 Å². The third-order valence-electron chi connectivity index (χ3n) is 4.70. The lowest BCUT2D eigenvalue weighted by atomic mass is 10.0. The van der Waals surface area contributed by atoms with Gasteiger partial charge in [-0.3, -0.25) is 9.59 Å². The van der Waals surface area contributed by atoms with Crippen molar-refractivity contribution in [3.8, 4) is 0 Å². The van der Waals surface area contributed by atoms with Gasteiger partial charge >= 0.3 is 0 Å². The van der Waals surface area contributed by atoms with Crippen molar-refractivity contribution in [1.82, 2.24) is 0 Å². The number of Topliss-reactive ketones (excluding diaryl/α,β-unsaturated/α-hetero) is 1. The summed E-state index contributed by atoms with van der Waals surface area (Å²) in [6.07, 6.45) is 0.245. The maximum Gasteiger partial charge on any atom is 0.263 e. The van der Waals surface area contributed by atoms with Crippen LogP contribution in [-0.2, 0) is 9.59 Å². The number of benzene rings is 2. The van der Waals surface area contributed by atoms with E-state index in [-0.39, 0.29) is 23.5 Å². The summed E-state index contributed by atoms with van der Waals surface area (Å²) in [5, 5.41) is 2.55. The van der Waals surface area contributed by atoms with Gasteiger partial charge in [-0.05, 0) is 31.2 Å². The van der Waals surface area contributed by atoms with Crippen molar-refractivity contribution in [2.75, 3.05) is 28.2 Å². The number of rotatable bonds is 3. The molecule has 0 spiro atoms. The standard InChI is InChI=1S/C20H18FN3O2/c1-2-23-15-9-5-6-10-16(15)24-12-11-17(25)18(20(23)24)19(26)22-14-8-4-3-7-13(14)21/h3-10H,2,11-12H2,1H3,(H,22,26). The third kappa shape index (κ3) is 2.45. The normalized spacial score (nSPS) is 15.8. The monoisotopic (exact) mass is 351 g/mol. The zero-order valence-corrected chi connectivity index (χ0v) is 14.3. The molecule has 0 saturated carbocycles. The van der Waals surface area contributed by atoms with Crippen LogP contribution in [-0.4, -0.2) is 24.8 Å². The van der Waals surface area contributed by atoms with E-state index in [1.165, 1.54) is 12.1 Å². The lowest BCUT2D eigenvalue weighted by molar-refractivity contribution is -0.120. The summed E-state index contributed by atoms with van der Waals surface area (Å²) in [7, 11) is 0. The van der Waals surface area contributed by atoms with E-state index in [1.807, 2.05) is 41.0 Å². The van der Waals surface area contributed by atoms with Gasteiger partial charge in [-0.1, -0.05) is 24.3 Å². The number of carbonyl (C=O) groups excluding carboxylic acids is 2. The van der Waals surface area contributed by atoms with E-state index < -0.39 is 11.7 Å². The van der Waals surface area contributed by atoms with Crippen LogP contribution in [0.5, 0.6) is 0 Å². The molecule has 5 nitrogen and oxygen atoms in total. The first-order valence-corrected chi connectivity index (χ1v) is 8.59. The highest BCUT2D eigenvalue weighted by molar-refractivity contribution is 6.25. The van der Waals surface area contributed by atoms with Gasteiger partial charge < -0.3 is 15.1 Å². The molecule has 2 heterocycles. The fourth-order valence-corrected chi connectivity index (χ4v) is 3.55. The molecule has 4 rings (SSSR count). The number of amides is 1. The zero-order chi connectivity index (χ0) is 18.3. The minimum atomic E-state index is -0.578. The van der Waals surface area contributed by atoms with Gasteiger partial charge in [0.15, 0.2) is 5.78 Å². The quantitative estimate of drug-likeness (QED) is 0.862. The number of fused-ring (bicyclic) bond motifs is 3. The number of hydrogen-bond donors (Lipinski definition) is 1. The summed E-state index contributed by atoms with van der Waals surface area (Å²) in [5.74, 6) is -0.755. The Balaban J connectivity index is 1.80. The molecule has 0 saturated heterocycles. The van der Waals surface area contributed by atoms with E-state index in [9.17, 15) is 14.0 Å². The van der Waals surface area contributed by atoms with E-state index in [0.717, 1.165) is 11.4 Å². The number of para-hydroxylation sites is 3. The van der Waals surface area contributed by atoms with Crippen molar-refractivity contribution < 1.29 is 14.0 Å². The van der Waals surface area contributed by atoms with Crippen molar-refractivity contribution >= 4 is 28.8 Å². The van der Waals surface area contributed by atoms with Crippen LogP contribution in [0.3, 0.4) is 0 Å². The maximum absolute atomic E-state index is 13.9. The number of halogens is 1. The van der Waals surface area contributed by atoms with Crippen LogP contribution in [0, 0.1) is 5.82 Å². The second-order valence-electron chi connectivity index (χ2n) is 6.19. The van der Waals surface area contributed by atoms with Crippen LogP contribution in [0.25, 0.3) is 0 Å². The Bertz CT molecular complexity index is 923. The molecular weight excluding hydrogens is 333 g/mol. The van der Waals surface area contributed by atoms with Gasteiger partial charge in [-0.25, -0.2) is 4.39 Å². The number of anilines is 3. The minimum Gasteiger partial charge on any atom is -0.325 e. The highest BCUT2D eigenvalue weighted by Gasteiger charge is 2.40. The summed E-state index contributed by atoms with van der Waals surface area (Å²) in [6.45, 7) is 3.11. The first kappa shape index (κ1) is 16.3. The molecule has 0 unspecified atom stereocenters. The highest BCUT2D eigenvalue weighted by Crippen LogP contribution is 2.44.